The molecule has 0 bridgehead atoms. The van der Waals surface area contributed by atoms with E-state index in [0.717, 1.165) is 11.1 Å². The third kappa shape index (κ3) is 2.33. The van der Waals surface area contributed by atoms with E-state index < -0.39 is 0 Å². The third-order valence-electron chi connectivity index (χ3n) is 2.67. The SMILES string of the molecule is Cc1ccc([N+](=O)[O-])cc1C(C)(C)CN. The van der Waals surface area contributed by atoms with Crippen molar-refractivity contribution in [3.63, 3.8) is 0 Å². The van der Waals surface area contributed by atoms with Gasteiger partial charge in [0.25, 0.3) is 5.69 Å². The Hall–Kier alpha value is -1.42. The molecule has 0 aliphatic carbocycles. The average Bonchev–Trinajstić information content (AvgIpc) is 2.17. The normalized spacial score (nSPS) is 11.5. The Labute approximate surface area is 89.2 Å². The number of benzene rings is 1. The van der Waals surface area contributed by atoms with Crippen molar-refractivity contribution in [3.8, 4) is 0 Å². The van der Waals surface area contributed by atoms with E-state index in [1.165, 1.54) is 6.07 Å². The number of rotatable bonds is 3. The van der Waals surface area contributed by atoms with E-state index in [9.17, 15) is 10.1 Å². The summed E-state index contributed by atoms with van der Waals surface area (Å²) in [6.07, 6.45) is 0. The van der Waals surface area contributed by atoms with Crippen LogP contribution in [0, 0.1) is 17.0 Å². The second-order valence-corrected chi connectivity index (χ2v) is 4.34. The van der Waals surface area contributed by atoms with Crippen LogP contribution >= 0.6 is 0 Å². The summed E-state index contributed by atoms with van der Waals surface area (Å²) >= 11 is 0. The van der Waals surface area contributed by atoms with Gasteiger partial charge in [-0.15, -0.1) is 0 Å². The molecule has 1 aromatic carbocycles. The van der Waals surface area contributed by atoms with Crippen LogP contribution in [0.15, 0.2) is 18.2 Å². The Balaban J connectivity index is 3.28. The van der Waals surface area contributed by atoms with Gasteiger partial charge < -0.3 is 5.73 Å². The fourth-order valence-electron chi connectivity index (χ4n) is 1.56. The molecular weight excluding hydrogens is 192 g/mol. The second kappa shape index (κ2) is 3.98. The van der Waals surface area contributed by atoms with Gasteiger partial charge in [-0.1, -0.05) is 19.9 Å². The summed E-state index contributed by atoms with van der Waals surface area (Å²) in [5, 5.41) is 10.7. The lowest BCUT2D eigenvalue weighted by Gasteiger charge is -2.24. The summed E-state index contributed by atoms with van der Waals surface area (Å²) < 4.78 is 0. The zero-order chi connectivity index (χ0) is 11.6. The summed E-state index contributed by atoms with van der Waals surface area (Å²) in [6, 6.07) is 4.90. The van der Waals surface area contributed by atoms with Crippen LogP contribution in [0.5, 0.6) is 0 Å². The van der Waals surface area contributed by atoms with Crippen LogP contribution in [0.4, 0.5) is 5.69 Å². The summed E-state index contributed by atoms with van der Waals surface area (Å²) in [7, 11) is 0. The summed E-state index contributed by atoms with van der Waals surface area (Å²) in [5.41, 5.74) is 7.54. The van der Waals surface area contributed by atoms with Crippen molar-refractivity contribution in [2.75, 3.05) is 6.54 Å². The van der Waals surface area contributed by atoms with Crippen molar-refractivity contribution in [2.45, 2.75) is 26.2 Å². The number of nitro benzene ring substituents is 1. The predicted molar refractivity (Wildman–Crippen MR) is 59.9 cm³/mol. The highest BCUT2D eigenvalue weighted by Crippen LogP contribution is 2.28. The summed E-state index contributed by atoms with van der Waals surface area (Å²) in [5.74, 6) is 0. The maximum absolute atomic E-state index is 10.7. The lowest BCUT2D eigenvalue weighted by atomic mass is 9.82. The molecule has 0 atom stereocenters. The molecule has 0 radical (unpaired) electrons. The van der Waals surface area contributed by atoms with Gasteiger partial charge in [-0.25, -0.2) is 0 Å². The molecule has 15 heavy (non-hydrogen) atoms. The highest BCUT2D eigenvalue weighted by Gasteiger charge is 2.22. The third-order valence-corrected chi connectivity index (χ3v) is 2.67. The standard InChI is InChI=1S/C11H16N2O2/c1-8-4-5-9(13(14)15)6-10(8)11(2,3)7-12/h4-6H,7,12H2,1-3H3. The average molecular weight is 208 g/mol. The molecule has 0 saturated carbocycles. The van der Waals surface area contributed by atoms with Gasteiger partial charge in [-0.05, 0) is 18.1 Å². The van der Waals surface area contributed by atoms with Gasteiger partial charge >= 0.3 is 0 Å². The first-order chi connectivity index (χ1) is 6.88. The topological polar surface area (TPSA) is 69.2 Å². The molecule has 0 heterocycles. The zero-order valence-electron chi connectivity index (χ0n) is 9.28. The first-order valence-corrected chi connectivity index (χ1v) is 4.84. The second-order valence-electron chi connectivity index (χ2n) is 4.34. The smallest absolute Gasteiger partial charge is 0.269 e. The monoisotopic (exact) mass is 208 g/mol. The van der Waals surface area contributed by atoms with Gasteiger partial charge in [-0.2, -0.15) is 0 Å². The van der Waals surface area contributed by atoms with E-state index in [0.29, 0.717) is 6.54 Å². The molecule has 4 heteroatoms. The number of hydrogen-bond donors (Lipinski definition) is 1. The highest BCUT2D eigenvalue weighted by atomic mass is 16.6. The highest BCUT2D eigenvalue weighted by molar-refractivity contribution is 5.43. The number of non-ortho nitro benzene ring substituents is 1. The molecule has 0 fully saturated rings. The van der Waals surface area contributed by atoms with E-state index in [2.05, 4.69) is 0 Å². The Morgan fingerprint density at radius 3 is 2.53 bits per heavy atom. The van der Waals surface area contributed by atoms with Gasteiger partial charge in [-0.3, -0.25) is 10.1 Å². The molecule has 0 amide bonds. The first-order valence-electron chi connectivity index (χ1n) is 4.84. The minimum atomic E-state index is -0.379. The van der Waals surface area contributed by atoms with Gasteiger partial charge in [0, 0.05) is 24.1 Å². The first kappa shape index (κ1) is 11.7. The number of nitrogens with zero attached hydrogens (tertiary/aromatic N) is 1. The Morgan fingerprint density at radius 2 is 2.07 bits per heavy atom. The molecule has 0 aliphatic rings. The lowest BCUT2D eigenvalue weighted by Crippen LogP contribution is -2.29. The van der Waals surface area contributed by atoms with E-state index in [1.54, 1.807) is 12.1 Å². The van der Waals surface area contributed by atoms with Gasteiger partial charge in [0.15, 0.2) is 0 Å². The molecule has 1 rings (SSSR count). The van der Waals surface area contributed by atoms with Crippen LogP contribution in [0.25, 0.3) is 0 Å². The van der Waals surface area contributed by atoms with Crippen molar-refractivity contribution in [1.82, 2.24) is 0 Å². The van der Waals surface area contributed by atoms with E-state index in [-0.39, 0.29) is 16.0 Å². The fraction of sp³-hybridized carbons (Fsp3) is 0.455. The summed E-state index contributed by atoms with van der Waals surface area (Å²) in [6.45, 7) is 6.38. The van der Waals surface area contributed by atoms with Gasteiger partial charge in [0.1, 0.15) is 0 Å². The molecule has 0 unspecified atom stereocenters. The Kier molecular flexibility index (Phi) is 3.09. The van der Waals surface area contributed by atoms with Crippen LogP contribution < -0.4 is 5.73 Å². The van der Waals surface area contributed by atoms with E-state index >= 15 is 0 Å². The fourth-order valence-corrected chi connectivity index (χ4v) is 1.56. The largest absolute Gasteiger partial charge is 0.330 e. The lowest BCUT2D eigenvalue weighted by molar-refractivity contribution is -0.385. The molecule has 0 spiro atoms. The maximum Gasteiger partial charge on any atom is 0.269 e. The van der Waals surface area contributed by atoms with Crippen molar-refractivity contribution in [1.29, 1.82) is 0 Å². The van der Waals surface area contributed by atoms with Crippen molar-refractivity contribution in [2.24, 2.45) is 5.73 Å². The minimum Gasteiger partial charge on any atom is -0.330 e. The van der Waals surface area contributed by atoms with Crippen molar-refractivity contribution in [3.05, 3.63) is 39.4 Å². The molecule has 0 aliphatic heterocycles. The number of nitro groups is 1. The van der Waals surface area contributed by atoms with E-state index in [1.807, 2.05) is 20.8 Å². The van der Waals surface area contributed by atoms with E-state index in [4.69, 9.17) is 5.73 Å². The predicted octanol–water partition coefficient (Wildman–Crippen LogP) is 2.14. The number of nitrogens with two attached hydrogens (primary N) is 1. The zero-order valence-corrected chi connectivity index (χ0v) is 9.28. The number of hydrogen-bond acceptors (Lipinski definition) is 3. The van der Waals surface area contributed by atoms with Gasteiger partial charge in [0.05, 0.1) is 4.92 Å². The van der Waals surface area contributed by atoms with Crippen molar-refractivity contribution < 1.29 is 4.92 Å². The molecule has 4 nitrogen and oxygen atoms in total. The Bertz CT molecular complexity index is 386. The quantitative estimate of drug-likeness (QED) is 0.611. The molecule has 1 aromatic rings. The van der Waals surface area contributed by atoms with Crippen LogP contribution in [-0.2, 0) is 5.41 Å². The maximum atomic E-state index is 10.7. The van der Waals surface area contributed by atoms with Crippen LogP contribution in [0.1, 0.15) is 25.0 Å². The molecule has 0 aromatic heterocycles. The van der Waals surface area contributed by atoms with Crippen LogP contribution in [-0.4, -0.2) is 11.5 Å². The molecule has 0 saturated heterocycles. The van der Waals surface area contributed by atoms with Gasteiger partial charge in [0.2, 0.25) is 0 Å². The molecular formula is C11H16N2O2. The molecule has 82 valence electrons. The van der Waals surface area contributed by atoms with Crippen LogP contribution in [0.3, 0.4) is 0 Å². The molecule has 2 N–H and O–H groups in total. The number of aryl methyl sites for hydroxylation is 1. The van der Waals surface area contributed by atoms with Crippen molar-refractivity contribution >= 4 is 5.69 Å². The minimum absolute atomic E-state index is 0.122. The Morgan fingerprint density at radius 1 is 1.47 bits per heavy atom. The summed E-state index contributed by atoms with van der Waals surface area (Å²) in [4.78, 5) is 10.3. The van der Waals surface area contributed by atoms with Crippen LogP contribution in [0.2, 0.25) is 0 Å².